The molecule has 0 saturated carbocycles. The molecule has 2 unspecified atom stereocenters. The molecule has 28 nitrogen and oxygen atoms in total. The number of carbonyl (C=O) groups excluding carboxylic acids is 16. The van der Waals surface area contributed by atoms with E-state index in [4.69, 9.17) is 19.2 Å². The molecule has 0 radical (unpaired) electrons. The summed E-state index contributed by atoms with van der Waals surface area (Å²) in [7, 11) is 0. The van der Waals surface area contributed by atoms with Gasteiger partial charge >= 0.3 is 30.2 Å². The van der Waals surface area contributed by atoms with Gasteiger partial charge in [0.2, 0.25) is 0 Å². The number of rotatable bonds is 18. The average Bonchev–Trinajstić information content (AvgIpc) is 4.22. The summed E-state index contributed by atoms with van der Waals surface area (Å²) in [5, 5.41) is 3.76. The second-order valence-corrected chi connectivity index (χ2v) is 17.1. The molecule has 1 N–H and O–H groups in total. The molecule has 5 heterocycles. The Kier molecular flexibility index (Phi) is 16.8. The van der Waals surface area contributed by atoms with Crippen LogP contribution in [-0.4, -0.2) is 133 Å². The van der Waals surface area contributed by atoms with E-state index in [9.17, 15) is 76.7 Å². The van der Waals surface area contributed by atoms with Crippen LogP contribution in [0.25, 0.3) is 11.1 Å². The summed E-state index contributed by atoms with van der Waals surface area (Å²) in [6.07, 6.45) is -7.04. The maximum atomic E-state index is 13.9. The van der Waals surface area contributed by atoms with E-state index >= 15 is 0 Å². The number of nitrogens with zero attached hydrogens (tertiary/aromatic N) is 5. The number of ketones is 1. The number of benzene rings is 2. The number of fused-ring (bicyclic) bond motifs is 3. The van der Waals surface area contributed by atoms with E-state index in [0.717, 1.165) is 22.3 Å². The molecule has 28 heteroatoms. The van der Waals surface area contributed by atoms with Gasteiger partial charge in [0.1, 0.15) is 6.61 Å². The number of carbonyl (C=O) groups is 16. The van der Waals surface area contributed by atoms with Gasteiger partial charge in [-0.3, -0.25) is 62.4 Å². The van der Waals surface area contributed by atoms with E-state index in [0.29, 0.717) is 10.1 Å². The van der Waals surface area contributed by atoms with Crippen molar-refractivity contribution in [3.63, 3.8) is 0 Å². The van der Waals surface area contributed by atoms with Gasteiger partial charge in [-0.1, -0.05) is 58.7 Å². The molecule has 0 spiro atoms. The summed E-state index contributed by atoms with van der Waals surface area (Å²) < 4.78 is 5.58. The van der Waals surface area contributed by atoms with E-state index in [1.54, 1.807) is 0 Å². The summed E-state index contributed by atoms with van der Waals surface area (Å²) in [4.78, 5) is 217. The molecule has 394 valence electrons. The van der Waals surface area contributed by atoms with Crippen LogP contribution in [0.4, 0.5) is 9.59 Å². The molecule has 2 aromatic rings. The maximum Gasteiger partial charge on any atom is 0.560 e. The number of ether oxygens (including phenoxy) is 1. The molecular formula is C47H44N6O22. The highest BCUT2D eigenvalue weighted by Gasteiger charge is 2.41. The third kappa shape index (κ3) is 12.9. The Bertz CT molecular complexity index is 2640. The van der Waals surface area contributed by atoms with Gasteiger partial charge in [0.25, 0.3) is 59.1 Å². The topological polar surface area (TPSA) is 357 Å². The van der Waals surface area contributed by atoms with Crippen molar-refractivity contribution in [2.75, 3.05) is 6.61 Å². The van der Waals surface area contributed by atoms with Crippen LogP contribution in [0.2, 0.25) is 0 Å². The predicted octanol–water partition coefficient (Wildman–Crippen LogP) is 1.12. The van der Waals surface area contributed by atoms with Gasteiger partial charge in [0.15, 0.2) is 5.78 Å². The van der Waals surface area contributed by atoms with E-state index in [1.807, 2.05) is 48.5 Å². The van der Waals surface area contributed by atoms with E-state index in [1.165, 1.54) is 0 Å². The first kappa shape index (κ1) is 53.6. The number of hydrogen-bond donors (Lipinski definition) is 1. The van der Waals surface area contributed by atoms with Crippen molar-refractivity contribution in [1.29, 1.82) is 0 Å². The summed E-state index contributed by atoms with van der Waals surface area (Å²) in [5.74, 6) is -13.7. The number of nitrogens with one attached hydrogen (secondary N) is 1. The molecule has 75 heavy (non-hydrogen) atoms. The Hall–Kier alpha value is -9.24. The summed E-state index contributed by atoms with van der Waals surface area (Å²) in [6.45, 7) is -0.154. The van der Waals surface area contributed by atoms with Crippen molar-refractivity contribution >= 4 is 95.0 Å². The molecule has 2 atom stereocenters. The van der Waals surface area contributed by atoms with Gasteiger partial charge in [-0.05, 0) is 35.1 Å². The van der Waals surface area contributed by atoms with E-state index in [-0.39, 0.29) is 91.9 Å². The zero-order valence-electron chi connectivity index (χ0n) is 39.4. The second-order valence-electron chi connectivity index (χ2n) is 17.1. The van der Waals surface area contributed by atoms with Gasteiger partial charge in [0.05, 0.1) is 18.4 Å². The lowest BCUT2D eigenvalue weighted by molar-refractivity contribution is -0.202. The summed E-state index contributed by atoms with van der Waals surface area (Å²) >= 11 is 0. The Morgan fingerprint density at radius 2 is 0.813 bits per heavy atom. The molecule has 2 aromatic carbocycles. The average molecular weight is 1040 g/mol. The Labute approximate surface area is 422 Å². The van der Waals surface area contributed by atoms with Crippen LogP contribution >= 0.6 is 0 Å². The fourth-order valence-corrected chi connectivity index (χ4v) is 8.25. The number of imide groups is 5. The zero-order chi connectivity index (χ0) is 54.1. The highest BCUT2D eigenvalue weighted by Crippen LogP contribution is 2.44. The predicted molar refractivity (Wildman–Crippen MR) is 235 cm³/mol. The van der Waals surface area contributed by atoms with Crippen LogP contribution in [0.5, 0.6) is 0 Å². The van der Waals surface area contributed by atoms with Crippen molar-refractivity contribution < 1.29 is 106 Å². The van der Waals surface area contributed by atoms with Crippen molar-refractivity contribution in [3.05, 3.63) is 59.7 Å². The minimum atomic E-state index is -1.57. The van der Waals surface area contributed by atoms with Gasteiger partial charge in [-0.2, -0.15) is 4.79 Å². The van der Waals surface area contributed by atoms with Gasteiger partial charge in [0, 0.05) is 83.0 Å². The molecule has 1 aliphatic carbocycles. The minimum absolute atomic E-state index is 0.0618. The third-order valence-electron chi connectivity index (χ3n) is 12.1. The van der Waals surface area contributed by atoms with Crippen molar-refractivity contribution in [3.8, 4) is 11.1 Å². The van der Waals surface area contributed by atoms with Gasteiger partial charge < -0.3 is 24.6 Å². The number of alkyl carbamates (subject to hydrolysis) is 1. The normalized spacial score (nSPS) is 17.9. The first-order chi connectivity index (χ1) is 35.8. The fourth-order valence-electron chi connectivity index (χ4n) is 8.25. The highest BCUT2D eigenvalue weighted by atomic mass is 16.9. The van der Waals surface area contributed by atoms with Crippen molar-refractivity contribution in [1.82, 2.24) is 30.6 Å². The van der Waals surface area contributed by atoms with Crippen LogP contribution in [0.3, 0.4) is 0 Å². The molecule has 5 saturated heterocycles. The SMILES string of the molecule is O=C(CCC(CC(=O)C(CCC(=O)ON1C(=O)CCC1=O)NC(=O)OCC1c2ccccc2-c2ccccc21)C(=O)ON1C(=O)CCC1=O)ON1C(=O)CCC1=O.O=C(ON1C(=O)CCC1=O)ON1C(=O)CCC1=O. The van der Waals surface area contributed by atoms with Crippen LogP contribution < -0.4 is 5.32 Å². The first-order valence-electron chi connectivity index (χ1n) is 23.3. The molecule has 5 aliphatic heterocycles. The third-order valence-corrected chi connectivity index (χ3v) is 12.1. The highest BCUT2D eigenvalue weighted by molar-refractivity contribution is 6.04. The number of hydroxylamine groups is 10. The maximum absolute atomic E-state index is 13.9. The standard InChI is InChI=1S/C38H36N4O15.C9H8N2O7/c43-28(19-21(37(52)57-42-33(48)15-16-34(42)49)9-17-35(50)55-40-29(44)11-12-30(40)45)27(10-18-36(51)56-41-31(46)13-14-32(41)47)39-38(53)54-20-26-24-7-3-1-5-22(24)23-6-2-4-8-25(23)26;12-5-1-2-6(13)10(5)17-9(16)18-11-7(14)3-4-8(11)15/h1-8,21,26-27H,9-20H2,(H,39,53);1-4H2. The lowest BCUT2D eigenvalue weighted by Gasteiger charge is -2.22. The van der Waals surface area contributed by atoms with Gasteiger partial charge in [-0.25, -0.2) is 19.2 Å². The molecule has 5 fully saturated rings. The smallest absolute Gasteiger partial charge is 0.449 e. The molecule has 0 bridgehead atoms. The molecular weight excluding hydrogens is 1000 g/mol. The Morgan fingerprint density at radius 1 is 0.467 bits per heavy atom. The Balaban J connectivity index is 0.000000382. The molecule has 0 aromatic heterocycles. The van der Waals surface area contributed by atoms with E-state index in [2.05, 4.69) is 15.0 Å². The quantitative estimate of drug-likeness (QED) is 0.204. The van der Waals surface area contributed by atoms with Crippen molar-refractivity contribution in [2.24, 2.45) is 5.92 Å². The zero-order valence-corrected chi connectivity index (χ0v) is 39.4. The number of Topliss-reactive ketones (excluding diaryl/α,β-unsaturated/α-hetero) is 1. The largest absolute Gasteiger partial charge is 0.560 e. The number of hydrogen-bond acceptors (Lipinski definition) is 22. The van der Waals surface area contributed by atoms with Crippen LogP contribution in [0, 0.1) is 5.92 Å². The molecule has 8 rings (SSSR count). The molecule has 11 amide bonds. The van der Waals surface area contributed by atoms with E-state index < -0.39 is 139 Å². The lowest BCUT2D eigenvalue weighted by Crippen LogP contribution is -2.44. The van der Waals surface area contributed by atoms with Crippen LogP contribution in [0.15, 0.2) is 48.5 Å². The lowest BCUT2D eigenvalue weighted by atomic mass is 9.92. The second kappa shape index (κ2) is 23.5. The Morgan fingerprint density at radius 3 is 1.21 bits per heavy atom. The summed E-state index contributed by atoms with van der Waals surface area (Å²) in [5.41, 5.74) is 3.73. The summed E-state index contributed by atoms with van der Waals surface area (Å²) in [6, 6.07) is 13.5. The molecule has 6 aliphatic rings. The fraction of sp³-hybridized carbons (Fsp3) is 0.404. The van der Waals surface area contributed by atoms with Crippen LogP contribution in [0.1, 0.15) is 113 Å². The van der Waals surface area contributed by atoms with Crippen LogP contribution in [-0.2, 0) is 96.0 Å². The first-order valence-corrected chi connectivity index (χ1v) is 23.3. The van der Waals surface area contributed by atoms with Crippen molar-refractivity contribution in [2.45, 2.75) is 108 Å². The monoisotopic (exact) mass is 1040 g/mol. The number of amides is 11. The van der Waals surface area contributed by atoms with Gasteiger partial charge in [-0.15, -0.1) is 15.2 Å². The minimum Gasteiger partial charge on any atom is -0.449 e.